The van der Waals surface area contributed by atoms with E-state index in [2.05, 4.69) is 20.7 Å². The van der Waals surface area contributed by atoms with E-state index in [9.17, 15) is 8.42 Å². The van der Waals surface area contributed by atoms with Gasteiger partial charge >= 0.3 is 0 Å². The molecule has 0 spiro atoms. The second-order valence-corrected chi connectivity index (χ2v) is 9.69. The molecule has 1 aliphatic rings. The second-order valence-electron chi connectivity index (χ2n) is 4.76. The first-order chi connectivity index (χ1) is 7.73. The van der Waals surface area contributed by atoms with Gasteiger partial charge in [-0.15, -0.1) is 22.9 Å². The van der Waals surface area contributed by atoms with Gasteiger partial charge in [0.2, 0.25) is 10.0 Å². The van der Waals surface area contributed by atoms with Crippen LogP contribution in [0.5, 0.6) is 0 Å². The molecule has 1 aromatic heterocycles. The van der Waals surface area contributed by atoms with Crippen molar-refractivity contribution in [2.45, 2.75) is 35.9 Å². The van der Waals surface area contributed by atoms with Gasteiger partial charge in [0.25, 0.3) is 0 Å². The highest BCUT2D eigenvalue weighted by atomic mass is 79.9. The van der Waals surface area contributed by atoms with Crippen LogP contribution in [0.2, 0.25) is 0 Å². The first kappa shape index (κ1) is 13.8. The van der Waals surface area contributed by atoms with Crippen LogP contribution in [0.25, 0.3) is 0 Å². The molecule has 0 saturated heterocycles. The molecular formula is C10H13BrClNO2S2. The zero-order chi connectivity index (χ0) is 12.8. The Balaban J connectivity index is 2.15. The summed E-state index contributed by atoms with van der Waals surface area (Å²) in [5, 5.41) is 0.0327. The van der Waals surface area contributed by atoms with E-state index in [1.165, 1.54) is 11.3 Å². The smallest absolute Gasteiger partial charge is 0.207 e. The molecular weight excluding hydrogens is 346 g/mol. The van der Waals surface area contributed by atoms with Gasteiger partial charge in [-0.25, -0.2) is 13.1 Å². The number of hydrogen-bond donors (Lipinski definition) is 1. The fourth-order valence-corrected chi connectivity index (χ4v) is 5.52. The summed E-state index contributed by atoms with van der Waals surface area (Å²) in [5.74, 6) is 0. The summed E-state index contributed by atoms with van der Waals surface area (Å²) in [4.78, 5) is 0. The Morgan fingerprint density at radius 1 is 1.53 bits per heavy atom. The molecule has 1 saturated carbocycles. The van der Waals surface area contributed by atoms with Gasteiger partial charge < -0.3 is 0 Å². The molecule has 3 nitrogen and oxygen atoms in total. The van der Waals surface area contributed by atoms with Crippen LogP contribution >= 0.6 is 38.9 Å². The van der Waals surface area contributed by atoms with Crippen molar-refractivity contribution >= 4 is 48.9 Å². The van der Waals surface area contributed by atoms with Crippen molar-refractivity contribution in [3.8, 4) is 0 Å². The minimum Gasteiger partial charge on any atom is -0.207 e. The second kappa shape index (κ2) is 4.49. The van der Waals surface area contributed by atoms with Crippen LogP contribution < -0.4 is 4.72 Å². The Morgan fingerprint density at radius 2 is 2.18 bits per heavy atom. The fraction of sp³-hybridized carbons (Fsp3) is 0.600. The lowest BCUT2D eigenvalue weighted by Crippen LogP contribution is -2.59. The van der Waals surface area contributed by atoms with E-state index in [1.54, 1.807) is 12.1 Å². The lowest BCUT2D eigenvalue weighted by atomic mass is 9.67. The van der Waals surface area contributed by atoms with Crippen LogP contribution in [-0.2, 0) is 10.0 Å². The van der Waals surface area contributed by atoms with Gasteiger partial charge in [0.05, 0.1) is 3.79 Å². The SMILES string of the molecule is CC1(C)C(Cl)CC1NS(=O)(=O)c1ccc(Br)s1. The van der Waals surface area contributed by atoms with Gasteiger partial charge in [-0.05, 0) is 39.9 Å². The average molecular weight is 359 g/mol. The number of thiophene rings is 1. The zero-order valence-corrected chi connectivity index (χ0v) is 13.4. The van der Waals surface area contributed by atoms with Crippen LogP contribution in [0, 0.1) is 5.41 Å². The molecule has 1 N–H and O–H groups in total. The van der Waals surface area contributed by atoms with Crippen LogP contribution in [-0.4, -0.2) is 19.8 Å². The highest BCUT2D eigenvalue weighted by molar-refractivity contribution is 9.11. The predicted octanol–water partition coefficient (Wildman–Crippen LogP) is 3.19. The van der Waals surface area contributed by atoms with Crippen molar-refractivity contribution in [2.24, 2.45) is 5.41 Å². The average Bonchev–Trinajstić information content (AvgIpc) is 2.65. The molecule has 0 bridgehead atoms. The lowest BCUT2D eigenvalue weighted by Gasteiger charge is -2.48. The summed E-state index contributed by atoms with van der Waals surface area (Å²) in [6, 6.07) is 3.24. The van der Waals surface area contributed by atoms with Crippen LogP contribution in [0.4, 0.5) is 0 Å². The van der Waals surface area contributed by atoms with Crippen molar-refractivity contribution in [1.29, 1.82) is 0 Å². The Bertz CT molecular complexity index is 526. The van der Waals surface area contributed by atoms with Crippen LogP contribution in [0.3, 0.4) is 0 Å². The third kappa shape index (κ3) is 2.56. The van der Waals surface area contributed by atoms with E-state index >= 15 is 0 Å². The van der Waals surface area contributed by atoms with E-state index in [0.717, 1.165) is 3.79 Å². The molecule has 0 radical (unpaired) electrons. The number of rotatable bonds is 3. The Morgan fingerprint density at radius 3 is 2.59 bits per heavy atom. The van der Waals surface area contributed by atoms with Gasteiger partial charge in [0.1, 0.15) is 4.21 Å². The summed E-state index contributed by atoms with van der Waals surface area (Å²) in [6.07, 6.45) is 0.681. The Labute approximate surface area is 119 Å². The molecule has 7 heteroatoms. The van der Waals surface area contributed by atoms with Crippen LogP contribution in [0.1, 0.15) is 20.3 Å². The minimum absolute atomic E-state index is 0.0327. The molecule has 0 aromatic carbocycles. The molecule has 1 fully saturated rings. The first-order valence-electron chi connectivity index (χ1n) is 5.15. The lowest BCUT2D eigenvalue weighted by molar-refractivity contribution is 0.137. The van der Waals surface area contributed by atoms with E-state index in [4.69, 9.17) is 11.6 Å². The Kier molecular flexibility index (Phi) is 3.64. The van der Waals surface area contributed by atoms with E-state index in [0.29, 0.717) is 10.6 Å². The molecule has 1 aromatic rings. The predicted molar refractivity (Wildman–Crippen MR) is 74.2 cm³/mol. The van der Waals surface area contributed by atoms with E-state index in [1.807, 2.05) is 13.8 Å². The molecule has 96 valence electrons. The third-order valence-corrected chi connectivity index (χ3v) is 7.59. The van der Waals surface area contributed by atoms with Crippen molar-refractivity contribution in [2.75, 3.05) is 0 Å². The van der Waals surface area contributed by atoms with E-state index in [-0.39, 0.29) is 16.8 Å². The normalized spacial score (nSPS) is 27.8. The topological polar surface area (TPSA) is 46.2 Å². The van der Waals surface area contributed by atoms with E-state index < -0.39 is 10.0 Å². The summed E-state index contributed by atoms with van der Waals surface area (Å²) < 4.78 is 28.0. The highest BCUT2D eigenvalue weighted by Gasteiger charge is 2.48. The van der Waals surface area contributed by atoms with Crippen molar-refractivity contribution in [3.63, 3.8) is 0 Å². The van der Waals surface area contributed by atoms with Gasteiger partial charge in [0, 0.05) is 11.4 Å². The molecule has 0 amide bonds. The number of hydrogen-bond acceptors (Lipinski definition) is 3. The Hall–Kier alpha value is 0.380. The molecule has 0 aliphatic heterocycles. The van der Waals surface area contributed by atoms with Crippen molar-refractivity contribution in [1.82, 2.24) is 4.72 Å². The first-order valence-corrected chi connectivity index (χ1v) is 8.68. The fourth-order valence-electron chi connectivity index (χ4n) is 1.76. The molecule has 17 heavy (non-hydrogen) atoms. The summed E-state index contributed by atoms with van der Waals surface area (Å²) >= 11 is 10.5. The number of nitrogens with one attached hydrogen (secondary N) is 1. The highest BCUT2D eigenvalue weighted by Crippen LogP contribution is 2.45. The number of halogens is 2. The monoisotopic (exact) mass is 357 g/mol. The maximum Gasteiger partial charge on any atom is 0.250 e. The molecule has 2 unspecified atom stereocenters. The molecule has 1 heterocycles. The largest absolute Gasteiger partial charge is 0.250 e. The molecule has 2 atom stereocenters. The van der Waals surface area contributed by atoms with Crippen molar-refractivity contribution in [3.05, 3.63) is 15.9 Å². The molecule has 2 rings (SSSR count). The van der Waals surface area contributed by atoms with Gasteiger partial charge in [-0.2, -0.15) is 0 Å². The van der Waals surface area contributed by atoms with Gasteiger partial charge in [0.15, 0.2) is 0 Å². The standard InChI is InChI=1S/C10H13BrClNO2S2/c1-10(2)6(12)5-7(10)13-17(14,15)9-4-3-8(11)16-9/h3-4,6-7,13H,5H2,1-2H3. The summed E-state index contributed by atoms with van der Waals surface area (Å²) in [5.41, 5.74) is -0.191. The zero-order valence-electron chi connectivity index (χ0n) is 9.41. The maximum absolute atomic E-state index is 12.1. The van der Waals surface area contributed by atoms with Crippen molar-refractivity contribution < 1.29 is 8.42 Å². The quantitative estimate of drug-likeness (QED) is 0.843. The summed E-state index contributed by atoms with van der Waals surface area (Å²) in [6.45, 7) is 3.96. The van der Waals surface area contributed by atoms with Gasteiger partial charge in [-0.1, -0.05) is 13.8 Å². The summed E-state index contributed by atoms with van der Waals surface area (Å²) in [7, 11) is -3.41. The molecule has 1 aliphatic carbocycles. The number of sulfonamides is 1. The van der Waals surface area contributed by atoms with Crippen LogP contribution in [0.15, 0.2) is 20.1 Å². The maximum atomic E-state index is 12.1. The third-order valence-electron chi connectivity index (χ3n) is 3.26. The minimum atomic E-state index is -3.41. The van der Waals surface area contributed by atoms with Gasteiger partial charge in [-0.3, -0.25) is 0 Å². The number of alkyl halides is 1.